The molecule has 2 aromatic rings. The third-order valence-corrected chi connectivity index (χ3v) is 5.60. The van der Waals surface area contributed by atoms with Gasteiger partial charge in [-0.3, -0.25) is 4.79 Å². The van der Waals surface area contributed by atoms with Gasteiger partial charge in [-0.25, -0.2) is 0 Å². The lowest BCUT2D eigenvalue weighted by atomic mass is 9.92. The largest absolute Gasteiger partial charge is 0.494 e. The highest BCUT2D eigenvalue weighted by atomic mass is 16.5. The van der Waals surface area contributed by atoms with E-state index in [-0.39, 0.29) is 12.0 Å². The van der Waals surface area contributed by atoms with Gasteiger partial charge in [0.15, 0.2) is 0 Å². The molecule has 2 aliphatic heterocycles. The first-order valence-electron chi connectivity index (χ1n) is 10.2. The smallest absolute Gasteiger partial charge is 0.258 e. The molecule has 0 aliphatic carbocycles. The number of fused-ring (bicyclic) bond motifs is 1. The van der Waals surface area contributed by atoms with E-state index in [0.29, 0.717) is 18.7 Å². The monoisotopic (exact) mass is 380 g/mol. The summed E-state index contributed by atoms with van der Waals surface area (Å²) in [6, 6.07) is 15.7. The van der Waals surface area contributed by atoms with Crippen LogP contribution in [0.2, 0.25) is 0 Å². The Hall–Kier alpha value is -2.53. The van der Waals surface area contributed by atoms with Crippen molar-refractivity contribution in [3.05, 3.63) is 59.7 Å². The minimum Gasteiger partial charge on any atom is -0.494 e. The molecule has 1 N–H and O–H groups in total. The molecule has 0 saturated carbocycles. The molecule has 28 heavy (non-hydrogen) atoms. The van der Waals surface area contributed by atoms with Crippen LogP contribution in [0, 0.1) is 0 Å². The maximum atomic E-state index is 13.4. The summed E-state index contributed by atoms with van der Waals surface area (Å²) < 4.78 is 11.7. The lowest BCUT2D eigenvalue weighted by molar-refractivity contribution is 0.0242. The predicted octanol–water partition coefficient (Wildman–Crippen LogP) is 4.40. The molecule has 1 saturated heterocycles. The van der Waals surface area contributed by atoms with E-state index in [1.54, 1.807) is 0 Å². The molecular weight excluding hydrogens is 352 g/mol. The van der Waals surface area contributed by atoms with Crippen molar-refractivity contribution in [1.82, 2.24) is 4.90 Å². The zero-order chi connectivity index (χ0) is 19.6. The molecule has 2 heterocycles. The molecule has 0 spiro atoms. The average Bonchev–Trinajstić information content (AvgIpc) is 3.23. The fraction of sp³-hybridized carbons (Fsp3) is 0.435. The molecule has 1 fully saturated rings. The van der Waals surface area contributed by atoms with E-state index in [2.05, 4.69) is 25.2 Å². The van der Waals surface area contributed by atoms with Crippen LogP contribution < -0.4 is 10.1 Å². The van der Waals surface area contributed by atoms with Crippen molar-refractivity contribution >= 4 is 11.6 Å². The van der Waals surface area contributed by atoms with Crippen molar-refractivity contribution in [3.63, 3.8) is 0 Å². The van der Waals surface area contributed by atoms with Crippen LogP contribution >= 0.6 is 0 Å². The van der Waals surface area contributed by atoms with Crippen LogP contribution in [0.15, 0.2) is 48.5 Å². The summed E-state index contributed by atoms with van der Waals surface area (Å²) in [5, 5.41) is 3.62. The number of amides is 1. The summed E-state index contributed by atoms with van der Waals surface area (Å²) in [6.45, 7) is 6.17. The molecule has 148 valence electrons. The fourth-order valence-corrected chi connectivity index (χ4v) is 4.05. The number of carbonyl (C=O) groups excluding carboxylic acids is 1. The Morgan fingerprint density at radius 2 is 2.11 bits per heavy atom. The van der Waals surface area contributed by atoms with Crippen molar-refractivity contribution in [2.75, 3.05) is 25.1 Å². The van der Waals surface area contributed by atoms with Gasteiger partial charge in [-0.2, -0.15) is 0 Å². The zero-order valence-electron chi connectivity index (χ0n) is 16.6. The number of rotatable bonds is 6. The average molecular weight is 380 g/mol. The van der Waals surface area contributed by atoms with Gasteiger partial charge in [0.05, 0.1) is 18.3 Å². The normalized spacial score (nSPS) is 24.0. The first kappa shape index (κ1) is 18.8. The lowest BCUT2D eigenvalue weighted by Crippen LogP contribution is -2.57. The number of para-hydroxylation sites is 1. The molecule has 5 nitrogen and oxygen atoms in total. The molecule has 5 heteroatoms. The number of nitrogens with zero attached hydrogens (tertiary/aromatic N) is 1. The Labute approximate surface area is 166 Å². The standard InChI is InChI=1S/C23H28N2O3/c1-3-13-27-18-9-6-8-17(15-18)23(2)24-21-12-5-4-11-20(21)22(26)25(23)16-19-10-7-14-28-19/h4-6,8-9,11-12,15,19,24H,3,7,10,13-14,16H2,1-2H3. The molecule has 2 atom stereocenters. The number of anilines is 1. The maximum absolute atomic E-state index is 13.4. The molecular formula is C23H28N2O3. The molecule has 2 unspecified atom stereocenters. The fourth-order valence-electron chi connectivity index (χ4n) is 4.05. The van der Waals surface area contributed by atoms with E-state index >= 15 is 0 Å². The third kappa shape index (κ3) is 3.47. The van der Waals surface area contributed by atoms with Crippen LogP contribution in [0.3, 0.4) is 0 Å². The van der Waals surface area contributed by atoms with Gasteiger partial charge in [0.25, 0.3) is 5.91 Å². The van der Waals surface area contributed by atoms with E-state index < -0.39 is 5.66 Å². The summed E-state index contributed by atoms with van der Waals surface area (Å²) >= 11 is 0. The van der Waals surface area contributed by atoms with E-state index in [1.807, 2.05) is 47.4 Å². The van der Waals surface area contributed by atoms with Crippen molar-refractivity contribution in [3.8, 4) is 5.75 Å². The molecule has 0 radical (unpaired) electrons. The Bertz CT molecular complexity index is 847. The molecule has 0 aromatic heterocycles. The second-order valence-electron chi connectivity index (χ2n) is 7.67. The van der Waals surface area contributed by atoms with Crippen molar-refractivity contribution in [2.24, 2.45) is 0 Å². The first-order valence-corrected chi connectivity index (χ1v) is 10.2. The van der Waals surface area contributed by atoms with Gasteiger partial charge < -0.3 is 19.7 Å². The van der Waals surface area contributed by atoms with Gasteiger partial charge >= 0.3 is 0 Å². The molecule has 2 aliphatic rings. The van der Waals surface area contributed by atoms with Crippen molar-refractivity contribution in [2.45, 2.75) is 44.9 Å². The van der Waals surface area contributed by atoms with E-state index in [1.165, 1.54) is 0 Å². The number of ether oxygens (including phenoxy) is 2. The predicted molar refractivity (Wildman–Crippen MR) is 110 cm³/mol. The quantitative estimate of drug-likeness (QED) is 0.807. The highest BCUT2D eigenvalue weighted by Crippen LogP contribution is 2.39. The molecule has 2 aromatic carbocycles. The third-order valence-electron chi connectivity index (χ3n) is 5.60. The lowest BCUT2D eigenvalue weighted by Gasteiger charge is -2.47. The topological polar surface area (TPSA) is 50.8 Å². The molecule has 0 bridgehead atoms. The summed E-state index contributed by atoms with van der Waals surface area (Å²) in [5.74, 6) is 0.859. The van der Waals surface area contributed by atoms with E-state index in [4.69, 9.17) is 9.47 Å². The second-order valence-corrected chi connectivity index (χ2v) is 7.67. The van der Waals surface area contributed by atoms with Crippen LogP contribution in [-0.4, -0.2) is 36.7 Å². The van der Waals surface area contributed by atoms with Gasteiger partial charge in [0, 0.05) is 24.4 Å². The number of benzene rings is 2. The van der Waals surface area contributed by atoms with Gasteiger partial charge in [0.1, 0.15) is 11.4 Å². The van der Waals surface area contributed by atoms with Crippen LogP contribution in [0.1, 0.15) is 49.0 Å². The Kier molecular flexibility index (Phi) is 5.27. The van der Waals surface area contributed by atoms with Crippen LogP contribution in [0.5, 0.6) is 5.75 Å². The van der Waals surface area contributed by atoms with Crippen molar-refractivity contribution in [1.29, 1.82) is 0 Å². The number of carbonyl (C=O) groups is 1. The minimum atomic E-state index is -0.678. The van der Waals surface area contributed by atoms with Crippen molar-refractivity contribution < 1.29 is 14.3 Å². The summed E-state index contributed by atoms with van der Waals surface area (Å²) in [4.78, 5) is 15.4. The van der Waals surface area contributed by atoms with E-state index in [9.17, 15) is 4.79 Å². The second kappa shape index (κ2) is 7.84. The zero-order valence-corrected chi connectivity index (χ0v) is 16.6. The highest BCUT2D eigenvalue weighted by molar-refractivity contribution is 6.02. The number of hydrogen-bond donors (Lipinski definition) is 1. The maximum Gasteiger partial charge on any atom is 0.258 e. The summed E-state index contributed by atoms with van der Waals surface area (Å²) in [7, 11) is 0. The Balaban J connectivity index is 1.73. The minimum absolute atomic E-state index is 0.0345. The van der Waals surface area contributed by atoms with Crippen LogP contribution in [0.25, 0.3) is 0 Å². The summed E-state index contributed by atoms with van der Waals surface area (Å²) in [5.41, 5.74) is 1.89. The van der Waals surface area contributed by atoms with E-state index in [0.717, 1.165) is 42.9 Å². The highest BCUT2D eigenvalue weighted by Gasteiger charge is 2.43. The Morgan fingerprint density at radius 3 is 2.89 bits per heavy atom. The summed E-state index contributed by atoms with van der Waals surface area (Å²) in [6.07, 6.45) is 3.07. The first-order chi connectivity index (χ1) is 13.6. The molecule has 4 rings (SSSR count). The van der Waals surface area contributed by atoms with Crippen LogP contribution in [-0.2, 0) is 10.4 Å². The van der Waals surface area contributed by atoms with Crippen LogP contribution in [0.4, 0.5) is 5.69 Å². The SMILES string of the molecule is CCCOc1cccc(C2(C)Nc3ccccc3C(=O)N2CC2CCCO2)c1. The van der Waals surface area contributed by atoms with Gasteiger partial charge in [-0.05, 0) is 50.5 Å². The van der Waals surface area contributed by atoms with Gasteiger partial charge in [-0.15, -0.1) is 0 Å². The van der Waals surface area contributed by atoms with Gasteiger partial charge in [0.2, 0.25) is 0 Å². The molecule has 1 amide bonds. The Morgan fingerprint density at radius 1 is 1.25 bits per heavy atom. The number of nitrogens with one attached hydrogen (secondary N) is 1. The number of hydrogen-bond acceptors (Lipinski definition) is 4. The van der Waals surface area contributed by atoms with Gasteiger partial charge in [-0.1, -0.05) is 31.2 Å².